The minimum Gasteiger partial charge on any atom is -0.487 e. The van der Waals surface area contributed by atoms with E-state index in [0.29, 0.717) is 5.75 Å². The first kappa shape index (κ1) is 29.5. The molecule has 2 rings (SSSR count). The van der Waals surface area contributed by atoms with Gasteiger partial charge in [0.1, 0.15) is 17.1 Å². The van der Waals surface area contributed by atoms with E-state index in [-0.39, 0.29) is 5.60 Å². The quantitative estimate of drug-likeness (QED) is 0.150. The van der Waals surface area contributed by atoms with E-state index in [2.05, 4.69) is 48.1 Å². The zero-order valence-corrected chi connectivity index (χ0v) is 24.0. The van der Waals surface area contributed by atoms with Gasteiger partial charge in [0.2, 0.25) is 0 Å². The molecule has 0 aromatic heterocycles. The molecule has 35 heavy (non-hydrogen) atoms. The molecule has 3 nitrogen and oxygen atoms in total. The van der Waals surface area contributed by atoms with Crippen molar-refractivity contribution in [1.29, 1.82) is 0 Å². The Morgan fingerprint density at radius 2 is 1.51 bits per heavy atom. The smallest absolute Gasteiger partial charge is 0.335 e. The summed E-state index contributed by atoms with van der Waals surface area (Å²) in [7, 11) is 0. The summed E-state index contributed by atoms with van der Waals surface area (Å²) in [5.74, 6) is 3.75. The number of fused-ring (bicyclic) bond motifs is 1. The van der Waals surface area contributed by atoms with Crippen molar-refractivity contribution in [2.24, 2.45) is 17.8 Å². The second-order valence-corrected chi connectivity index (χ2v) is 12.0. The third kappa shape index (κ3) is 8.69. The van der Waals surface area contributed by atoms with Gasteiger partial charge in [-0.1, -0.05) is 79.2 Å². The van der Waals surface area contributed by atoms with E-state index < -0.39 is 5.97 Å². The predicted molar refractivity (Wildman–Crippen MR) is 149 cm³/mol. The van der Waals surface area contributed by atoms with Crippen LogP contribution < -0.4 is 9.47 Å². The highest BCUT2D eigenvalue weighted by atomic mass is 16.5. The highest BCUT2D eigenvalue weighted by molar-refractivity contribution is 5.84. The van der Waals surface area contributed by atoms with Crippen LogP contribution in [0.2, 0.25) is 0 Å². The van der Waals surface area contributed by atoms with Crippen molar-refractivity contribution in [2.45, 2.75) is 132 Å². The molecule has 198 valence electrons. The third-order valence-corrected chi connectivity index (χ3v) is 8.21. The first-order valence-electron chi connectivity index (χ1n) is 14.1. The number of hydrogen-bond donors (Lipinski definition) is 0. The van der Waals surface area contributed by atoms with Crippen molar-refractivity contribution in [3.05, 3.63) is 34.9 Å². The maximum Gasteiger partial charge on any atom is 0.335 e. The summed E-state index contributed by atoms with van der Waals surface area (Å²) in [6.07, 6.45) is 15.0. The number of rotatable bonds is 14. The topological polar surface area (TPSA) is 35.5 Å². The van der Waals surface area contributed by atoms with Gasteiger partial charge in [-0.2, -0.15) is 0 Å². The zero-order valence-electron chi connectivity index (χ0n) is 24.0. The molecule has 0 N–H and O–H groups in total. The van der Waals surface area contributed by atoms with Crippen LogP contribution >= 0.6 is 0 Å². The van der Waals surface area contributed by atoms with Crippen molar-refractivity contribution in [1.82, 2.24) is 0 Å². The van der Waals surface area contributed by atoms with E-state index in [1.165, 1.54) is 63.0 Å². The van der Waals surface area contributed by atoms with E-state index in [0.717, 1.165) is 59.5 Å². The van der Waals surface area contributed by atoms with Crippen molar-refractivity contribution in [3.8, 4) is 11.5 Å². The normalized spacial score (nSPS) is 19.1. The second kappa shape index (κ2) is 13.5. The second-order valence-electron chi connectivity index (χ2n) is 12.0. The Kier molecular flexibility index (Phi) is 11.4. The lowest BCUT2D eigenvalue weighted by Gasteiger charge is -2.38. The van der Waals surface area contributed by atoms with Crippen molar-refractivity contribution in [2.75, 3.05) is 0 Å². The summed E-state index contributed by atoms with van der Waals surface area (Å²) in [4.78, 5) is 11.8. The fraction of sp³-hybridized carbons (Fsp3) is 0.719. The van der Waals surface area contributed by atoms with Gasteiger partial charge in [-0.15, -0.1) is 0 Å². The Hall–Kier alpha value is -1.77. The van der Waals surface area contributed by atoms with Crippen LogP contribution in [0.15, 0.2) is 12.7 Å². The van der Waals surface area contributed by atoms with Gasteiger partial charge < -0.3 is 9.47 Å². The molecule has 2 unspecified atom stereocenters. The zero-order chi connectivity index (χ0) is 26.2. The Morgan fingerprint density at radius 1 is 0.943 bits per heavy atom. The lowest BCUT2D eigenvalue weighted by molar-refractivity contribution is -0.129. The molecule has 0 amide bonds. The highest BCUT2D eigenvalue weighted by Crippen LogP contribution is 2.45. The molecule has 0 bridgehead atoms. The standard InChI is InChI=1S/C32H52O3/c1-10-29(33)34-30-25(6)26(7)31-28(27(30)8)19-21-32(9,35-31)20-13-18-24(5)17-12-16-23(4)15-11-14-22(2)3/h10,22-24H,1,11-21H2,2-9H3/t23?,24?,32-/m1/s1. The molecule has 1 heterocycles. The summed E-state index contributed by atoms with van der Waals surface area (Å²) >= 11 is 0. The van der Waals surface area contributed by atoms with Crippen molar-refractivity contribution in [3.63, 3.8) is 0 Å². The Morgan fingerprint density at radius 3 is 2.09 bits per heavy atom. The van der Waals surface area contributed by atoms with Gasteiger partial charge >= 0.3 is 5.97 Å². The maximum absolute atomic E-state index is 11.8. The van der Waals surface area contributed by atoms with Crippen LogP contribution in [0.25, 0.3) is 0 Å². The fourth-order valence-electron chi connectivity index (χ4n) is 5.56. The molecule has 3 heteroatoms. The number of carbonyl (C=O) groups excluding carboxylic acids is 1. The lowest BCUT2D eigenvalue weighted by atomic mass is 9.83. The number of ether oxygens (including phenoxy) is 2. The average Bonchev–Trinajstić information content (AvgIpc) is 2.79. The predicted octanol–water partition coefficient (Wildman–Crippen LogP) is 9.23. The molecule has 0 saturated heterocycles. The molecule has 0 saturated carbocycles. The maximum atomic E-state index is 11.8. The Balaban J connectivity index is 1.84. The van der Waals surface area contributed by atoms with Gasteiger partial charge in [-0.05, 0) is 87.8 Å². The van der Waals surface area contributed by atoms with Gasteiger partial charge in [-0.25, -0.2) is 4.79 Å². The van der Waals surface area contributed by atoms with Gasteiger partial charge in [0.05, 0.1) is 0 Å². The minimum absolute atomic E-state index is 0.124. The third-order valence-electron chi connectivity index (χ3n) is 8.21. The lowest BCUT2D eigenvalue weighted by Crippen LogP contribution is -2.37. The Labute approximate surface area is 216 Å². The van der Waals surface area contributed by atoms with Crippen molar-refractivity contribution >= 4 is 5.97 Å². The highest BCUT2D eigenvalue weighted by Gasteiger charge is 2.34. The minimum atomic E-state index is -0.410. The van der Waals surface area contributed by atoms with Crippen LogP contribution in [0.5, 0.6) is 11.5 Å². The average molecular weight is 485 g/mol. The summed E-state index contributed by atoms with van der Waals surface area (Å²) < 4.78 is 12.3. The first-order valence-corrected chi connectivity index (χ1v) is 14.1. The van der Waals surface area contributed by atoms with Crippen LogP contribution in [0, 0.1) is 38.5 Å². The van der Waals surface area contributed by atoms with Gasteiger partial charge in [0.25, 0.3) is 0 Å². The number of hydrogen-bond acceptors (Lipinski definition) is 3. The van der Waals surface area contributed by atoms with Crippen LogP contribution in [0.4, 0.5) is 0 Å². The van der Waals surface area contributed by atoms with Crippen LogP contribution in [-0.4, -0.2) is 11.6 Å². The molecule has 0 spiro atoms. The monoisotopic (exact) mass is 484 g/mol. The van der Waals surface area contributed by atoms with Gasteiger partial charge in [0, 0.05) is 11.6 Å². The summed E-state index contributed by atoms with van der Waals surface area (Å²) in [5.41, 5.74) is 4.15. The molecular weight excluding hydrogens is 432 g/mol. The fourth-order valence-corrected chi connectivity index (χ4v) is 5.56. The summed E-state index contributed by atoms with van der Waals surface area (Å²) in [6.45, 7) is 21.4. The summed E-state index contributed by atoms with van der Waals surface area (Å²) in [6, 6.07) is 0. The van der Waals surface area contributed by atoms with E-state index in [4.69, 9.17) is 9.47 Å². The molecule has 1 aliphatic heterocycles. The van der Waals surface area contributed by atoms with E-state index in [9.17, 15) is 4.79 Å². The number of esters is 1. The van der Waals surface area contributed by atoms with Gasteiger partial charge in [0.15, 0.2) is 0 Å². The van der Waals surface area contributed by atoms with Crippen LogP contribution in [0.1, 0.15) is 121 Å². The molecule has 3 atom stereocenters. The van der Waals surface area contributed by atoms with Crippen molar-refractivity contribution < 1.29 is 14.3 Å². The molecule has 1 aliphatic rings. The largest absolute Gasteiger partial charge is 0.487 e. The molecule has 1 aromatic rings. The van der Waals surface area contributed by atoms with Crippen LogP contribution in [-0.2, 0) is 11.2 Å². The molecule has 0 fully saturated rings. The first-order chi connectivity index (χ1) is 16.5. The van der Waals surface area contributed by atoms with Crippen LogP contribution in [0.3, 0.4) is 0 Å². The molecule has 1 aromatic carbocycles. The molecular formula is C32H52O3. The summed E-state index contributed by atoms with van der Waals surface area (Å²) in [5, 5.41) is 0. The van der Waals surface area contributed by atoms with E-state index >= 15 is 0 Å². The Bertz CT molecular complexity index is 853. The SMILES string of the molecule is C=CC(=O)Oc1c(C)c(C)c2c(c1C)CC[C@@](C)(CCCC(C)CCCC(C)CCCC(C)C)O2. The molecule has 0 aliphatic carbocycles. The molecule has 0 radical (unpaired) electrons. The van der Waals surface area contributed by atoms with E-state index in [1.54, 1.807) is 0 Å². The number of carbonyl (C=O) groups is 1. The number of benzene rings is 1. The van der Waals surface area contributed by atoms with E-state index in [1.807, 2.05) is 13.8 Å². The van der Waals surface area contributed by atoms with Gasteiger partial charge in [-0.3, -0.25) is 0 Å².